The van der Waals surface area contributed by atoms with Gasteiger partial charge in [-0.2, -0.15) is 0 Å². The third-order valence-corrected chi connectivity index (χ3v) is 2.42. The first-order valence-electron chi connectivity index (χ1n) is 6.01. The maximum atomic E-state index is 13.1. The molecule has 0 atom stereocenters. The number of rotatable bonds is 6. The zero-order chi connectivity index (χ0) is 13.4. The van der Waals surface area contributed by atoms with Crippen molar-refractivity contribution in [2.24, 2.45) is 0 Å². The van der Waals surface area contributed by atoms with E-state index in [1.54, 1.807) is 19.1 Å². The van der Waals surface area contributed by atoms with Gasteiger partial charge in [-0.15, -0.1) is 0 Å². The van der Waals surface area contributed by atoms with Crippen molar-refractivity contribution in [3.63, 3.8) is 0 Å². The van der Waals surface area contributed by atoms with E-state index in [9.17, 15) is 9.18 Å². The Bertz CT molecular complexity index is 418. The third kappa shape index (κ3) is 4.57. The fraction of sp³-hybridized carbons (Fsp3) is 0.357. The van der Waals surface area contributed by atoms with E-state index < -0.39 is 0 Å². The van der Waals surface area contributed by atoms with Crippen molar-refractivity contribution in [2.75, 3.05) is 24.6 Å². The molecule has 0 fully saturated rings. The number of carbonyl (C=O) groups excluding carboxylic acids is 1. The van der Waals surface area contributed by atoms with E-state index in [2.05, 4.69) is 0 Å². The van der Waals surface area contributed by atoms with Gasteiger partial charge in [0.15, 0.2) is 0 Å². The van der Waals surface area contributed by atoms with Crippen molar-refractivity contribution >= 4 is 11.7 Å². The van der Waals surface area contributed by atoms with Crippen LogP contribution in [-0.4, -0.2) is 25.7 Å². The van der Waals surface area contributed by atoms with Crippen LogP contribution in [0.4, 0.5) is 10.1 Å². The molecule has 0 amide bonds. The summed E-state index contributed by atoms with van der Waals surface area (Å²) >= 11 is 0. The molecule has 1 aromatic rings. The first-order chi connectivity index (χ1) is 8.67. The molecule has 0 radical (unpaired) electrons. The minimum Gasteiger partial charge on any atom is -0.463 e. The average molecular weight is 251 g/mol. The van der Waals surface area contributed by atoms with Gasteiger partial charge in [0.25, 0.3) is 0 Å². The Kier molecular flexibility index (Phi) is 5.91. The molecule has 0 N–H and O–H groups in total. The van der Waals surface area contributed by atoms with Crippen molar-refractivity contribution in [3.8, 4) is 0 Å². The Hall–Kier alpha value is -1.84. The molecule has 0 bridgehead atoms. The van der Waals surface area contributed by atoms with Gasteiger partial charge in [-0.05, 0) is 32.0 Å². The number of benzene rings is 1. The van der Waals surface area contributed by atoms with Crippen LogP contribution in [0.5, 0.6) is 0 Å². The molecular weight excluding hydrogens is 233 g/mol. The highest BCUT2D eigenvalue weighted by Gasteiger charge is 2.03. The molecule has 0 saturated carbocycles. The SMILES string of the molecule is CCOC(=O)/C=C/CN(CC)c1cccc(F)c1. The number of hydrogen-bond acceptors (Lipinski definition) is 3. The van der Waals surface area contributed by atoms with Crippen LogP contribution in [0.25, 0.3) is 0 Å². The number of carbonyl (C=O) groups is 1. The predicted octanol–water partition coefficient (Wildman–Crippen LogP) is 2.77. The summed E-state index contributed by atoms with van der Waals surface area (Å²) < 4.78 is 17.9. The molecule has 18 heavy (non-hydrogen) atoms. The molecular formula is C14H18FNO2. The highest BCUT2D eigenvalue weighted by molar-refractivity contribution is 5.81. The second-order valence-corrected chi connectivity index (χ2v) is 3.67. The van der Waals surface area contributed by atoms with Crippen molar-refractivity contribution in [1.29, 1.82) is 0 Å². The molecule has 0 saturated heterocycles. The maximum Gasteiger partial charge on any atom is 0.330 e. The Morgan fingerprint density at radius 3 is 2.83 bits per heavy atom. The second-order valence-electron chi connectivity index (χ2n) is 3.67. The molecule has 0 unspecified atom stereocenters. The van der Waals surface area contributed by atoms with Gasteiger partial charge in [-0.1, -0.05) is 12.1 Å². The monoisotopic (exact) mass is 251 g/mol. The Morgan fingerprint density at radius 1 is 1.44 bits per heavy atom. The Morgan fingerprint density at radius 2 is 2.22 bits per heavy atom. The summed E-state index contributed by atoms with van der Waals surface area (Å²) in [4.78, 5) is 13.1. The molecule has 98 valence electrons. The summed E-state index contributed by atoms with van der Waals surface area (Å²) in [7, 11) is 0. The van der Waals surface area contributed by atoms with Gasteiger partial charge in [0.05, 0.1) is 6.61 Å². The molecule has 0 aromatic heterocycles. The summed E-state index contributed by atoms with van der Waals surface area (Å²) in [5.41, 5.74) is 0.797. The third-order valence-electron chi connectivity index (χ3n) is 2.42. The van der Waals surface area contributed by atoms with Crippen LogP contribution in [0.3, 0.4) is 0 Å². The molecule has 1 aromatic carbocycles. The zero-order valence-corrected chi connectivity index (χ0v) is 10.7. The van der Waals surface area contributed by atoms with E-state index in [1.165, 1.54) is 18.2 Å². The summed E-state index contributed by atoms with van der Waals surface area (Å²) in [6, 6.07) is 6.39. The van der Waals surface area contributed by atoms with E-state index in [0.29, 0.717) is 13.2 Å². The lowest BCUT2D eigenvalue weighted by atomic mass is 10.2. The fourth-order valence-corrected chi connectivity index (χ4v) is 1.56. The highest BCUT2D eigenvalue weighted by atomic mass is 19.1. The Balaban J connectivity index is 2.60. The normalized spacial score (nSPS) is 10.6. The topological polar surface area (TPSA) is 29.5 Å². The summed E-state index contributed by atoms with van der Waals surface area (Å²) in [6.45, 7) is 5.37. The van der Waals surface area contributed by atoms with Gasteiger partial charge in [-0.3, -0.25) is 0 Å². The summed E-state index contributed by atoms with van der Waals surface area (Å²) in [5.74, 6) is -0.617. The summed E-state index contributed by atoms with van der Waals surface area (Å²) in [6.07, 6.45) is 3.11. The first-order valence-corrected chi connectivity index (χ1v) is 6.01. The molecule has 0 aliphatic heterocycles. The largest absolute Gasteiger partial charge is 0.463 e. The smallest absolute Gasteiger partial charge is 0.330 e. The van der Waals surface area contributed by atoms with Crippen LogP contribution < -0.4 is 4.90 Å². The van der Waals surface area contributed by atoms with Crippen LogP contribution in [-0.2, 0) is 9.53 Å². The van der Waals surface area contributed by atoms with Crippen molar-refractivity contribution in [2.45, 2.75) is 13.8 Å². The number of hydrogen-bond donors (Lipinski definition) is 0. The lowest BCUT2D eigenvalue weighted by Gasteiger charge is -2.21. The maximum absolute atomic E-state index is 13.1. The Labute approximate surface area is 107 Å². The van der Waals surface area contributed by atoms with Gasteiger partial charge < -0.3 is 9.64 Å². The van der Waals surface area contributed by atoms with Gasteiger partial charge in [0.2, 0.25) is 0 Å². The molecule has 0 aliphatic rings. The first kappa shape index (κ1) is 14.2. The number of likely N-dealkylation sites (N-methyl/N-ethyl adjacent to an activating group) is 1. The molecule has 0 heterocycles. The van der Waals surface area contributed by atoms with Gasteiger partial charge in [0.1, 0.15) is 5.82 Å². The van der Waals surface area contributed by atoms with Crippen LogP contribution in [0.2, 0.25) is 0 Å². The molecule has 4 heteroatoms. The summed E-state index contributed by atoms with van der Waals surface area (Å²) in [5, 5.41) is 0. The highest BCUT2D eigenvalue weighted by Crippen LogP contribution is 2.14. The molecule has 1 rings (SSSR count). The fourth-order valence-electron chi connectivity index (χ4n) is 1.56. The van der Waals surface area contributed by atoms with E-state index in [1.807, 2.05) is 17.9 Å². The van der Waals surface area contributed by atoms with E-state index >= 15 is 0 Å². The minimum atomic E-state index is -0.354. The van der Waals surface area contributed by atoms with Crippen molar-refractivity contribution in [3.05, 3.63) is 42.2 Å². The van der Waals surface area contributed by atoms with E-state index in [0.717, 1.165) is 12.2 Å². The standard InChI is InChI=1S/C14H18FNO2/c1-3-16(10-6-9-14(17)18-4-2)13-8-5-7-12(15)11-13/h5-9,11H,3-4,10H2,1-2H3/b9-6+. The van der Waals surface area contributed by atoms with Crippen LogP contribution in [0.15, 0.2) is 36.4 Å². The van der Waals surface area contributed by atoms with Crippen LogP contribution >= 0.6 is 0 Å². The van der Waals surface area contributed by atoms with Crippen LogP contribution in [0.1, 0.15) is 13.8 Å². The number of ether oxygens (including phenoxy) is 1. The average Bonchev–Trinajstić information content (AvgIpc) is 2.35. The van der Waals surface area contributed by atoms with E-state index in [-0.39, 0.29) is 11.8 Å². The predicted molar refractivity (Wildman–Crippen MR) is 70.1 cm³/mol. The number of halogens is 1. The lowest BCUT2D eigenvalue weighted by molar-refractivity contribution is -0.137. The second kappa shape index (κ2) is 7.48. The quantitative estimate of drug-likeness (QED) is 0.575. The molecule has 0 aliphatic carbocycles. The van der Waals surface area contributed by atoms with Gasteiger partial charge in [0, 0.05) is 24.9 Å². The lowest BCUT2D eigenvalue weighted by Crippen LogP contribution is -2.22. The molecule has 0 spiro atoms. The van der Waals surface area contributed by atoms with Crippen LogP contribution in [0, 0.1) is 5.82 Å². The number of nitrogens with zero attached hydrogens (tertiary/aromatic N) is 1. The zero-order valence-electron chi connectivity index (χ0n) is 10.7. The van der Waals surface area contributed by atoms with Crippen molar-refractivity contribution in [1.82, 2.24) is 0 Å². The van der Waals surface area contributed by atoms with Crippen molar-refractivity contribution < 1.29 is 13.9 Å². The molecule has 3 nitrogen and oxygen atoms in total. The minimum absolute atomic E-state index is 0.264. The van der Waals surface area contributed by atoms with E-state index in [4.69, 9.17) is 4.74 Å². The number of anilines is 1. The van der Waals surface area contributed by atoms with Gasteiger partial charge in [-0.25, -0.2) is 9.18 Å². The number of esters is 1. The van der Waals surface area contributed by atoms with Gasteiger partial charge >= 0.3 is 5.97 Å².